The van der Waals surface area contributed by atoms with Crippen molar-refractivity contribution in [3.05, 3.63) is 35.9 Å². The van der Waals surface area contributed by atoms with Crippen LogP contribution in [0, 0.1) is 17.2 Å². The number of fused-ring (bicyclic) bond motifs is 1. The Bertz CT molecular complexity index is 736. The molecule has 0 aliphatic heterocycles. The zero-order valence-electron chi connectivity index (χ0n) is 11.4. The summed E-state index contributed by atoms with van der Waals surface area (Å²) in [5.74, 6) is -0.372. The molecule has 1 heterocycles. The molecule has 0 unspecified atom stereocenters. The fourth-order valence-corrected chi connectivity index (χ4v) is 2.89. The molecule has 1 aliphatic carbocycles. The van der Waals surface area contributed by atoms with Crippen LogP contribution in [0.3, 0.4) is 0 Å². The van der Waals surface area contributed by atoms with E-state index in [-0.39, 0.29) is 12.0 Å². The van der Waals surface area contributed by atoms with Gasteiger partial charge < -0.3 is 10.4 Å². The SMILES string of the molecule is N#Cc1cc(N[C@H]2CC[C@@H](C(=O)O)C2)nc2ccccc12. The number of hydrogen-bond donors (Lipinski definition) is 2. The lowest BCUT2D eigenvalue weighted by Gasteiger charge is -2.14. The number of nitriles is 1. The highest BCUT2D eigenvalue weighted by Crippen LogP contribution is 2.29. The zero-order valence-corrected chi connectivity index (χ0v) is 11.4. The summed E-state index contributed by atoms with van der Waals surface area (Å²) in [6.45, 7) is 0. The first-order valence-corrected chi connectivity index (χ1v) is 6.96. The van der Waals surface area contributed by atoms with Crippen LogP contribution in [0.4, 0.5) is 5.82 Å². The van der Waals surface area contributed by atoms with Crippen LogP contribution >= 0.6 is 0 Å². The second-order valence-corrected chi connectivity index (χ2v) is 5.37. The van der Waals surface area contributed by atoms with E-state index >= 15 is 0 Å². The minimum Gasteiger partial charge on any atom is -0.481 e. The molecule has 2 N–H and O–H groups in total. The second-order valence-electron chi connectivity index (χ2n) is 5.37. The third kappa shape index (κ3) is 2.65. The molecule has 1 aromatic carbocycles. The minimum absolute atomic E-state index is 0.103. The quantitative estimate of drug-likeness (QED) is 0.903. The van der Waals surface area contributed by atoms with Gasteiger partial charge in [-0.05, 0) is 31.4 Å². The van der Waals surface area contributed by atoms with E-state index in [1.54, 1.807) is 6.07 Å². The molecule has 0 radical (unpaired) electrons. The Morgan fingerprint density at radius 3 is 2.90 bits per heavy atom. The largest absolute Gasteiger partial charge is 0.481 e. The van der Waals surface area contributed by atoms with Gasteiger partial charge in [-0.2, -0.15) is 5.26 Å². The molecule has 0 amide bonds. The molecular formula is C16H15N3O2. The van der Waals surface area contributed by atoms with Gasteiger partial charge in [0.1, 0.15) is 5.82 Å². The van der Waals surface area contributed by atoms with E-state index in [2.05, 4.69) is 16.4 Å². The number of aliphatic carboxylic acids is 1. The monoisotopic (exact) mass is 281 g/mol. The molecule has 5 nitrogen and oxygen atoms in total. The van der Waals surface area contributed by atoms with Crippen molar-refractivity contribution in [3.63, 3.8) is 0 Å². The van der Waals surface area contributed by atoms with Crippen LogP contribution in [0.15, 0.2) is 30.3 Å². The van der Waals surface area contributed by atoms with Gasteiger partial charge >= 0.3 is 5.97 Å². The molecule has 21 heavy (non-hydrogen) atoms. The van der Waals surface area contributed by atoms with Crippen molar-refractivity contribution >= 4 is 22.7 Å². The van der Waals surface area contributed by atoms with Crippen LogP contribution in [0.25, 0.3) is 10.9 Å². The van der Waals surface area contributed by atoms with Gasteiger partial charge in [0.15, 0.2) is 0 Å². The maximum atomic E-state index is 11.0. The number of para-hydroxylation sites is 1. The fraction of sp³-hybridized carbons (Fsp3) is 0.312. The molecule has 1 aliphatic rings. The van der Waals surface area contributed by atoms with E-state index in [1.165, 1.54) is 0 Å². The molecule has 2 aromatic rings. The Morgan fingerprint density at radius 2 is 2.19 bits per heavy atom. The van der Waals surface area contributed by atoms with Crippen LogP contribution in [0.5, 0.6) is 0 Å². The molecule has 1 saturated carbocycles. The Balaban J connectivity index is 1.85. The first kappa shape index (κ1) is 13.4. The lowest BCUT2D eigenvalue weighted by atomic mass is 10.1. The van der Waals surface area contributed by atoms with Crippen LogP contribution in [-0.4, -0.2) is 22.1 Å². The van der Waals surface area contributed by atoms with E-state index < -0.39 is 5.97 Å². The molecule has 0 bridgehead atoms. The van der Waals surface area contributed by atoms with Crippen molar-refractivity contribution in [1.82, 2.24) is 4.98 Å². The molecule has 1 aromatic heterocycles. The van der Waals surface area contributed by atoms with Crippen LogP contribution in [0.1, 0.15) is 24.8 Å². The summed E-state index contributed by atoms with van der Waals surface area (Å²) in [5.41, 5.74) is 1.35. The molecule has 0 spiro atoms. The lowest BCUT2D eigenvalue weighted by molar-refractivity contribution is -0.141. The average molecular weight is 281 g/mol. The van der Waals surface area contributed by atoms with E-state index in [9.17, 15) is 10.1 Å². The van der Waals surface area contributed by atoms with Crippen molar-refractivity contribution in [3.8, 4) is 6.07 Å². The van der Waals surface area contributed by atoms with E-state index in [4.69, 9.17) is 5.11 Å². The number of rotatable bonds is 3. The van der Waals surface area contributed by atoms with E-state index in [0.717, 1.165) is 17.3 Å². The number of nitrogens with zero attached hydrogens (tertiary/aromatic N) is 2. The van der Waals surface area contributed by atoms with Crippen LogP contribution in [-0.2, 0) is 4.79 Å². The number of pyridine rings is 1. The number of carbonyl (C=O) groups is 1. The van der Waals surface area contributed by atoms with E-state index in [0.29, 0.717) is 24.2 Å². The molecule has 1 fully saturated rings. The van der Waals surface area contributed by atoms with Crippen molar-refractivity contribution in [2.24, 2.45) is 5.92 Å². The smallest absolute Gasteiger partial charge is 0.306 e. The molecule has 3 rings (SSSR count). The van der Waals surface area contributed by atoms with Gasteiger partial charge in [-0.3, -0.25) is 4.79 Å². The number of aromatic nitrogens is 1. The van der Waals surface area contributed by atoms with Gasteiger partial charge in [-0.25, -0.2) is 4.98 Å². The third-order valence-corrected chi connectivity index (χ3v) is 3.97. The van der Waals surface area contributed by atoms with Gasteiger partial charge in [-0.15, -0.1) is 0 Å². The minimum atomic E-state index is -0.733. The summed E-state index contributed by atoms with van der Waals surface area (Å²) in [6, 6.07) is 11.5. The summed E-state index contributed by atoms with van der Waals surface area (Å²) < 4.78 is 0. The number of carboxylic acids is 1. The maximum Gasteiger partial charge on any atom is 0.306 e. The van der Waals surface area contributed by atoms with Gasteiger partial charge in [0.25, 0.3) is 0 Å². The molecule has 106 valence electrons. The van der Waals surface area contributed by atoms with Gasteiger partial charge in [-0.1, -0.05) is 18.2 Å². The first-order chi connectivity index (χ1) is 10.2. The predicted molar refractivity (Wildman–Crippen MR) is 78.8 cm³/mol. The summed E-state index contributed by atoms with van der Waals surface area (Å²) in [7, 11) is 0. The van der Waals surface area contributed by atoms with Crippen molar-refractivity contribution in [2.45, 2.75) is 25.3 Å². The topological polar surface area (TPSA) is 86.0 Å². The Kier molecular flexibility index (Phi) is 3.44. The highest BCUT2D eigenvalue weighted by Gasteiger charge is 2.29. The lowest BCUT2D eigenvalue weighted by Crippen LogP contribution is -2.18. The summed E-state index contributed by atoms with van der Waals surface area (Å²) in [6.07, 6.45) is 2.10. The van der Waals surface area contributed by atoms with Crippen LogP contribution in [0.2, 0.25) is 0 Å². The standard InChI is InChI=1S/C16H15N3O2/c17-9-11-8-15(19-14-4-2-1-3-13(11)14)18-12-6-5-10(7-12)16(20)21/h1-4,8,10,12H,5-7H2,(H,18,19)(H,20,21)/t10-,12+/m1/s1. The third-order valence-electron chi connectivity index (χ3n) is 3.97. The second kappa shape index (κ2) is 5.41. The highest BCUT2D eigenvalue weighted by molar-refractivity contribution is 5.86. The Hall–Kier alpha value is -2.61. The number of nitrogens with one attached hydrogen (secondary N) is 1. The summed E-state index contributed by atoms with van der Waals surface area (Å²) in [4.78, 5) is 15.5. The van der Waals surface area contributed by atoms with Crippen LogP contribution < -0.4 is 5.32 Å². The maximum absolute atomic E-state index is 11.0. The number of carboxylic acid groups (broad SMARTS) is 1. The Labute approximate surface area is 122 Å². The van der Waals surface area contributed by atoms with Crippen molar-refractivity contribution < 1.29 is 9.90 Å². The summed E-state index contributed by atoms with van der Waals surface area (Å²) in [5, 5.41) is 22.4. The number of anilines is 1. The van der Waals surface area contributed by atoms with E-state index in [1.807, 2.05) is 24.3 Å². The molecule has 5 heteroatoms. The fourth-order valence-electron chi connectivity index (χ4n) is 2.89. The molecule has 2 atom stereocenters. The van der Waals surface area contributed by atoms with Crippen molar-refractivity contribution in [1.29, 1.82) is 5.26 Å². The van der Waals surface area contributed by atoms with Gasteiger partial charge in [0.05, 0.1) is 23.1 Å². The Morgan fingerprint density at radius 1 is 1.38 bits per heavy atom. The molecular weight excluding hydrogens is 266 g/mol. The highest BCUT2D eigenvalue weighted by atomic mass is 16.4. The number of benzene rings is 1. The normalized spacial score (nSPS) is 21.1. The average Bonchev–Trinajstić information content (AvgIpc) is 2.95. The first-order valence-electron chi connectivity index (χ1n) is 6.96. The predicted octanol–water partition coefficient (Wildman–Crippen LogP) is 2.77. The van der Waals surface area contributed by atoms with Gasteiger partial charge in [0, 0.05) is 11.4 Å². The number of hydrogen-bond acceptors (Lipinski definition) is 4. The zero-order chi connectivity index (χ0) is 14.8. The molecule has 0 saturated heterocycles. The van der Waals surface area contributed by atoms with Gasteiger partial charge in [0.2, 0.25) is 0 Å². The summed E-state index contributed by atoms with van der Waals surface area (Å²) >= 11 is 0. The van der Waals surface area contributed by atoms with Crippen molar-refractivity contribution in [2.75, 3.05) is 5.32 Å².